The van der Waals surface area contributed by atoms with Crippen molar-refractivity contribution in [3.05, 3.63) is 53.6 Å². The van der Waals surface area contributed by atoms with Crippen LogP contribution in [0.5, 0.6) is 11.9 Å². The lowest BCUT2D eigenvalue weighted by molar-refractivity contribution is -0.137. The van der Waals surface area contributed by atoms with Gasteiger partial charge in [0, 0.05) is 36.9 Å². The molecular weight excluding hydrogens is 686 g/mol. The third-order valence-corrected chi connectivity index (χ3v) is 11.0. The van der Waals surface area contributed by atoms with Crippen molar-refractivity contribution in [1.29, 1.82) is 5.26 Å². The second-order valence-corrected chi connectivity index (χ2v) is 13.9. The van der Waals surface area contributed by atoms with E-state index in [0.717, 1.165) is 24.6 Å². The molecule has 9 nitrogen and oxygen atoms in total. The molecule has 16 heteroatoms. The third-order valence-electron chi connectivity index (χ3n) is 10.0. The van der Waals surface area contributed by atoms with E-state index in [4.69, 9.17) is 15.2 Å². The number of likely N-dealkylation sites (tertiary alicyclic amines) is 1. The molecule has 0 aliphatic carbocycles. The van der Waals surface area contributed by atoms with Gasteiger partial charge in [-0.05, 0) is 50.1 Å². The monoisotopic (exact) mass is 716 g/mol. The number of rotatable bonds is 7. The van der Waals surface area contributed by atoms with Crippen molar-refractivity contribution in [2.75, 3.05) is 32.0 Å². The van der Waals surface area contributed by atoms with Crippen LogP contribution >= 0.6 is 11.3 Å². The number of hydrogen-bond donors (Lipinski definition) is 1. The van der Waals surface area contributed by atoms with E-state index >= 15 is 4.39 Å². The molecule has 0 saturated carbocycles. The van der Waals surface area contributed by atoms with Gasteiger partial charge >= 0.3 is 12.2 Å². The molecule has 0 unspecified atom stereocenters. The van der Waals surface area contributed by atoms with Crippen molar-refractivity contribution in [3.8, 4) is 29.1 Å². The SMILES string of the molecule is C=CC(=O)N1CC[C@@H](Oc2nc(OC[C@@]34CCCN3C[C@H](F)C4)nc3c(F)c(-c4ccc(F)c5sc(N)c(C#N)c45)c(C(F)(F)F)cc23)[C@@H]1C. The smallest absolute Gasteiger partial charge is 0.417 e. The van der Waals surface area contributed by atoms with Crippen LogP contribution in [0.4, 0.5) is 31.3 Å². The maximum atomic E-state index is 17.0. The zero-order valence-corrected chi connectivity index (χ0v) is 27.4. The van der Waals surface area contributed by atoms with Crippen molar-refractivity contribution in [3.63, 3.8) is 0 Å². The maximum Gasteiger partial charge on any atom is 0.417 e. The Hall–Kier alpha value is -4.62. The second-order valence-electron chi connectivity index (χ2n) is 12.9. The number of aromatic nitrogens is 2. The number of carbonyl (C=O) groups excluding carboxylic acids is 1. The van der Waals surface area contributed by atoms with Crippen LogP contribution in [0.3, 0.4) is 0 Å². The average Bonchev–Trinajstić information content (AvgIpc) is 3.81. The molecule has 3 fully saturated rings. The first-order valence-corrected chi connectivity index (χ1v) is 16.7. The van der Waals surface area contributed by atoms with E-state index in [0.29, 0.717) is 30.4 Å². The van der Waals surface area contributed by atoms with Crippen LogP contribution in [0.25, 0.3) is 32.1 Å². The number of ether oxygens (including phenoxy) is 2. The van der Waals surface area contributed by atoms with Crippen LogP contribution < -0.4 is 15.2 Å². The number of anilines is 1. The molecule has 2 aromatic carbocycles. The molecule has 262 valence electrons. The highest BCUT2D eigenvalue weighted by molar-refractivity contribution is 7.23. The van der Waals surface area contributed by atoms with Gasteiger partial charge in [0.2, 0.25) is 11.8 Å². The quantitative estimate of drug-likeness (QED) is 0.165. The summed E-state index contributed by atoms with van der Waals surface area (Å²) in [5.41, 5.74) is 1.56. The molecule has 7 rings (SSSR count). The number of carbonyl (C=O) groups is 1. The molecule has 2 N–H and O–H groups in total. The summed E-state index contributed by atoms with van der Waals surface area (Å²) in [5.74, 6) is -3.07. The predicted molar refractivity (Wildman–Crippen MR) is 173 cm³/mol. The number of benzene rings is 2. The number of alkyl halides is 4. The van der Waals surface area contributed by atoms with Gasteiger partial charge in [-0.1, -0.05) is 12.6 Å². The van der Waals surface area contributed by atoms with Gasteiger partial charge < -0.3 is 20.1 Å². The molecule has 4 atom stereocenters. The Morgan fingerprint density at radius 2 is 2.06 bits per heavy atom. The number of nitrogens with zero attached hydrogens (tertiary/aromatic N) is 5. The molecular formula is C34H30F6N6O3S. The maximum absolute atomic E-state index is 17.0. The van der Waals surface area contributed by atoms with Gasteiger partial charge in [-0.3, -0.25) is 9.69 Å². The minimum absolute atomic E-state index is 0.0623. The number of nitrogens with two attached hydrogens (primary N) is 1. The van der Waals surface area contributed by atoms with Gasteiger partial charge in [0.25, 0.3) is 0 Å². The van der Waals surface area contributed by atoms with E-state index in [9.17, 15) is 32.0 Å². The fourth-order valence-corrected chi connectivity index (χ4v) is 8.57. The number of hydrogen-bond acceptors (Lipinski definition) is 9. The fourth-order valence-electron chi connectivity index (χ4n) is 7.62. The van der Waals surface area contributed by atoms with Crippen LogP contribution in [-0.2, 0) is 11.0 Å². The summed E-state index contributed by atoms with van der Waals surface area (Å²) in [7, 11) is 0. The summed E-state index contributed by atoms with van der Waals surface area (Å²) in [6.45, 7) is 6.30. The molecule has 0 spiro atoms. The van der Waals surface area contributed by atoms with E-state index in [-0.39, 0.29) is 59.1 Å². The first-order chi connectivity index (χ1) is 23.8. The topological polar surface area (TPSA) is 118 Å². The average molecular weight is 717 g/mol. The normalized spacial score (nSPS) is 23.8. The van der Waals surface area contributed by atoms with Crippen molar-refractivity contribution in [2.24, 2.45) is 0 Å². The molecule has 0 bridgehead atoms. The Bertz CT molecular complexity index is 2100. The standard InChI is InChI=1S/C34H30F6N6O3S/c1-3-24(47)46-10-7-23(16(46)2)49-31-19-11-21(34(38,39)40)26(18-5-6-22(36)29-25(18)20(13-41)30(42)50-29)27(37)28(19)43-32(44-31)48-15-33-8-4-9-45(33)14-17(35)12-33/h3,5-6,11,16-17,23H,1,4,7-10,12,14-15,42H2,2H3/t16-,17+,23+,33-/m0/s1. The second kappa shape index (κ2) is 12.3. The Morgan fingerprint density at radius 1 is 1.28 bits per heavy atom. The lowest BCUT2D eigenvalue weighted by Gasteiger charge is -2.31. The van der Waals surface area contributed by atoms with Crippen molar-refractivity contribution in [1.82, 2.24) is 19.8 Å². The molecule has 3 aliphatic heterocycles. The van der Waals surface area contributed by atoms with Gasteiger partial charge in [-0.25, -0.2) is 13.2 Å². The van der Waals surface area contributed by atoms with Crippen LogP contribution in [0, 0.1) is 23.0 Å². The molecule has 4 aromatic rings. The highest BCUT2D eigenvalue weighted by atomic mass is 32.1. The van der Waals surface area contributed by atoms with Gasteiger partial charge in [0.15, 0.2) is 5.82 Å². The number of nitriles is 1. The van der Waals surface area contributed by atoms with Gasteiger partial charge in [-0.2, -0.15) is 28.4 Å². The zero-order chi connectivity index (χ0) is 35.7. The number of fused-ring (bicyclic) bond motifs is 3. The Labute approximate surface area is 285 Å². The number of nitrogen functional groups attached to an aromatic ring is 1. The van der Waals surface area contributed by atoms with Crippen LogP contribution in [-0.4, -0.2) is 75.8 Å². The lowest BCUT2D eigenvalue weighted by Crippen LogP contribution is -2.43. The van der Waals surface area contributed by atoms with Gasteiger partial charge in [0.1, 0.15) is 41.3 Å². The van der Waals surface area contributed by atoms with Gasteiger partial charge in [0.05, 0.1) is 32.8 Å². The summed E-state index contributed by atoms with van der Waals surface area (Å²) >= 11 is 0.660. The summed E-state index contributed by atoms with van der Waals surface area (Å²) in [4.78, 5) is 24.4. The third kappa shape index (κ3) is 5.47. The lowest BCUT2D eigenvalue weighted by atomic mass is 9.92. The van der Waals surface area contributed by atoms with Crippen LogP contribution in [0.15, 0.2) is 30.9 Å². The first-order valence-electron chi connectivity index (χ1n) is 15.9. The van der Waals surface area contributed by atoms with Crippen molar-refractivity contribution in [2.45, 2.75) is 62.6 Å². The molecule has 3 aliphatic rings. The van der Waals surface area contributed by atoms with E-state index in [1.54, 1.807) is 13.0 Å². The fraction of sp³-hybridized carbons (Fsp3) is 0.412. The predicted octanol–water partition coefficient (Wildman–Crippen LogP) is 6.77. The molecule has 1 amide bonds. The van der Waals surface area contributed by atoms with Crippen LogP contribution in [0.2, 0.25) is 0 Å². The highest BCUT2D eigenvalue weighted by Crippen LogP contribution is 2.48. The minimum Gasteiger partial charge on any atom is -0.471 e. The van der Waals surface area contributed by atoms with Gasteiger partial charge in [-0.15, -0.1) is 11.3 Å². The summed E-state index contributed by atoms with van der Waals surface area (Å²) in [6, 6.07) is 3.34. The number of halogens is 6. The summed E-state index contributed by atoms with van der Waals surface area (Å²) in [6.07, 6.45) is -3.91. The van der Waals surface area contributed by atoms with E-state index in [1.807, 2.05) is 4.90 Å². The molecule has 3 saturated heterocycles. The molecule has 2 aromatic heterocycles. The summed E-state index contributed by atoms with van der Waals surface area (Å²) in [5, 5.41) is 8.95. The highest BCUT2D eigenvalue weighted by Gasteiger charge is 2.49. The molecule has 0 radical (unpaired) electrons. The van der Waals surface area contributed by atoms with E-state index in [1.165, 1.54) is 4.90 Å². The first kappa shape index (κ1) is 33.9. The molecule has 5 heterocycles. The Morgan fingerprint density at radius 3 is 2.78 bits per heavy atom. The van der Waals surface area contributed by atoms with Crippen LogP contribution in [0.1, 0.15) is 43.7 Å². The molecule has 50 heavy (non-hydrogen) atoms. The Balaban J connectivity index is 1.42. The minimum atomic E-state index is -5.16. The van der Waals surface area contributed by atoms with Crippen molar-refractivity contribution >= 4 is 43.2 Å². The van der Waals surface area contributed by atoms with E-state index < -0.39 is 81.2 Å². The number of thiophene rings is 1. The largest absolute Gasteiger partial charge is 0.471 e. The van der Waals surface area contributed by atoms with E-state index in [2.05, 4.69) is 16.5 Å². The number of amides is 1. The summed E-state index contributed by atoms with van der Waals surface area (Å²) < 4.78 is 103. The van der Waals surface area contributed by atoms with Crippen molar-refractivity contribution < 1.29 is 40.6 Å². The zero-order valence-electron chi connectivity index (χ0n) is 26.6. The Kier molecular flexibility index (Phi) is 8.33.